The number of hydrogen-bond acceptors (Lipinski definition) is 3. The lowest BCUT2D eigenvalue weighted by atomic mass is 9.34. The van der Waals surface area contributed by atoms with E-state index in [1.54, 1.807) is 0 Å². The Labute approximate surface area is 357 Å². The van der Waals surface area contributed by atoms with Crippen LogP contribution in [0, 0.1) is 13.8 Å². The molecule has 5 heteroatoms. The van der Waals surface area contributed by atoms with E-state index in [0.29, 0.717) is 0 Å². The molecule has 1 aliphatic carbocycles. The van der Waals surface area contributed by atoms with Gasteiger partial charge in [0, 0.05) is 56.7 Å². The van der Waals surface area contributed by atoms with Gasteiger partial charge in [-0.25, -0.2) is 0 Å². The summed E-state index contributed by atoms with van der Waals surface area (Å²) in [6.45, 7) is 4.35. The first-order valence-corrected chi connectivity index (χ1v) is 21.3. The van der Waals surface area contributed by atoms with Crippen molar-refractivity contribution < 1.29 is 4.74 Å². The Morgan fingerprint density at radius 2 is 1.28 bits per heavy atom. The summed E-state index contributed by atoms with van der Waals surface area (Å²) in [5.74, 6) is 1.78. The van der Waals surface area contributed by atoms with Gasteiger partial charge in [0.05, 0.1) is 11.0 Å². The van der Waals surface area contributed by atoms with Gasteiger partial charge in [-0.2, -0.15) is 0 Å². The molecule has 3 aliphatic rings. The number of aryl methyl sites for hydroxylation is 2. The van der Waals surface area contributed by atoms with Gasteiger partial charge in [-0.05, 0) is 133 Å². The first kappa shape index (κ1) is 35.4. The van der Waals surface area contributed by atoms with Gasteiger partial charge in [-0.15, -0.1) is 0 Å². The predicted molar refractivity (Wildman–Crippen MR) is 258 cm³/mol. The number of para-hydroxylation sites is 1. The largest absolute Gasteiger partial charge is 0.458 e. The zero-order chi connectivity index (χ0) is 40.6. The molecule has 0 saturated carbocycles. The van der Waals surface area contributed by atoms with Gasteiger partial charge in [0.2, 0.25) is 0 Å². The van der Waals surface area contributed by atoms with Gasteiger partial charge in [-0.1, -0.05) is 120 Å². The molecule has 2 aliphatic heterocycles. The SMILES string of the molecule is Cc1ccc(N2c3ccc(C)cc3B3c4ccc(N(c5ccc(-c6ccccc6)cc5)c5ccc6c(c5)c5ccccc5n6C5=CC=CCC5)cc4Oc4cccc2c43)cc1. The number of fused-ring (bicyclic) bond motifs is 7. The molecular formula is C56H42BN3O. The fourth-order valence-electron chi connectivity index (χ4n) is 9.97. The molecule has 0 radical (unpaired) electrons. The molecule has 0 atom stereocenters. The summed E-state index contributed by atoms with van der Waals surface area (Å²) in [6, 6.07) is 64.4. The molecule has 0 saturated heterocycles. The molecule has 0 fully saturated rings. The van der Waals surface area contributed by atoms with Crippen LogP contribution in [0.3, 0.4) is 0 Å². The summed E-state index contributed by atoms with van der Waals surface area (Å²) in [5.41, 5.74) is 19.0. The Hall–Kier alpha value is -7.50. The molecule has 8 aromatic carbocycles. The number of allylic oxidation sites excluding steroid dienone is 4. The Kier molecular flexibility index (Phi) is 8.17. The number of ether oxygens (including phenoxy) is 1. The van der Waals surface area contributed by atoms with E-state index in [4.69, 9.17) is 4.74 Å². The number of rotatable bonds is 6. The second-order valence-corrected chi connectivity index (χ2v) is 16.6. The van der Waals surface area contributed by atoms with E-state index in [2.05, 4.69) is 222 Å². The highest BCUT2D eigenvalue weighted by Gasteiger charge is 2.42. The van der Waals surface area contributed by atoms with E-state index in [-0.39, 0.29) is 6.71 Å². The van der Waals surface area contributed by atoms with Gasteiger partial charge >= 0.3 is 0 Å². The van der Waals surface area contributed by atoms with Crippen molar-refractivity contribution in [3.63, 3.8) is 0 Å². The summed E-state index contributed by atoms with van der Waals surface area (Å²) in [4.78, 5) is 4.79. The number of benzene rings is 8. The minimum absolute atomic E-state index is 0.0191. The molecule has 0 spiro atoms. The zero-order valence-corrected chi connectivity index (χ0v) is 34.2. The Morgan fingerprint density at radius 1 is 0.541 bits per heavy atom. The first-order valence-electron chi connectivity index (χ1n) is 21.3. The van der Waals surface area contributed by atoms with Crippen LogP contribution in [0.25, 0.3) is 38.6 Å². The zero-order valence-electron chi connectivity index (χ0n) is 34.2. The minimum Gasteiger partial charge on any atom is -0.458 e. The highest BCUT2D eigenvalue weighted by atomic mass is 16.5. The highest BCUT2D eigenvalue weighted by molar-refractivity contribution is 6.99. The summed E-state index contributed by atoms with van der Waals surface area (Å²) in [6.07, 6.45) is 8.78. The summed E-state index contributed by atoms with van der Waals surface area (Å²) in [5, 5.41) is 2.48. The quantitative estimate of drug-likeness (QED) is 0.157. The van der Waals surface area contributed by atoms with Crippen LogP contribution in [0.15, 0.2) is 194 Å². The van der Waals surface area contributed by atoms with E-state index < -0.39 is 0 Å². The second kappa shape index (κ2) is 14.1. The van der Waals surface area contributed by atoms with Crippen LogP contribution >= 0.6 is 0 Å². The normalized spacial score (nSPS) is 13.7. The smallest absolute Gasteiger partial charge is 0.256 e. The minimum atomic E-state index is 0.0191. The van der Waals surface area contributed by atoms with Crippen LogP contribution in [-0.4, -0.2) is 11.3 Å². The average Bonchev–Trinajstić information content (AvgIpc) is 3.64. The third-order valence-electron chi connectivity index (χ3n) is 12.8. The monoisotopic (exact) mass is 783 g/mol. The molecule has 12 rings (SSSR count). The van der Waals surface area contributed by atoms with Gasteiger partial charge < -0.3 is 19.1 Å². The van der Waals surface area contributed by atoms with Gasteiger partial charge in [0.15, 0.2) is 0 Å². The van der Waals surface area contributed by atoms with Crippen LogP contribution in [0.2, 0.25) is 0 Å². The van der Waals surface area contributed by atoms with Crippen molar-refractivity contribution in [3.8, 4) is 22.6 Å². The average molecular weight is 784 g/mol. The van der Waals surface area contributed by atoms with Crippen molar-refractivity contribution in [2.75, 3.05) is 9.80 Å². The first-order chi connectivity index (χ1) is 30.1. The number of hydrogen-bond donors (Lipinski definition) is 0. The Balaban J connectivity index is 1.03. The number of nitrogens with zero attached hydrogens (tertiary/aromatic N) is 3. The predicted octanol–water partition coefficient (Wildman–Crippen LogP) is 13.1. The van der Waals surface area contributed by atoms with Gasteiger partial charge in [0.1, 0.15) is 11.5 Å². The van der Waals surface area contributed by atoms with Crippen LogP contribution in [0.4, 0.5) is 34.1 Å². The molecule has 0 bridgehead atoms. The fourth-order valence-corrected chi connectivity index (χ4v) is 9.97. The molecular weight excluding hydrogens is 741 g/mol. The van der Waals surface area contributed by atoms with Crippen LogP contribution in [0.5, 0.6) is 11.5 Å². The molecule has 0 N–H and O–H groups in total. The maximum atomic E-state index is 7.04. The van der Waals surface area contributed by atoms with Crippen molar-refractivity contribution in [2.24, 2.45) is 0 Å². The fraction of sp³-hybridized carbons (Fsp3) is 0.0714. The summed E-state index contributed by atoms with van der Waals surface area (Å²) >= 11 is 0. The van der Waals surface area contributed by atoms with Crippen molar-refractivity contribution in [1.82, 2.24) is 4.57 Å². The number of anilines is 6. The van der Waals surface area contributed by atoms with Gasteiger partial charge in [0.25, 0.3) is 6.71 Å². The lowest BCUT2D eigenvalue weighted by Gasteiger charge is -2.40. The molecule has 0 unspecified atom stereocenters. The Bertz CT molecular complexity index is 3250. The van der Waals surface area contributed by atoms with E-state index in [1.165, 1.54) is 71.8 Å². The molecule has 0 amide bonds. The van der Waals surface area contributed by atoms with E-state index in [9.17, 15) is 0 Å². The molecule has 3 heterocycles. The third kappa shape index (κ3) is 5.76. The van der Waals surface area contributed by atoms with Crippen LogP contribution in [-0.2, 0) is 0 Å². The molecule has 1 aromatic heterocycles. The highest BCUT2D eigenvalue weighted by Crippen LogP contribution is 2.44. The van der Waals surface area contributed by atoms with Crippen molar-refractivity contribution in [2.45, 2.75) is 26.7 Å². The Morgan fingerprint density at radius 3 is 2.11 bits per heavy atom. The molecule has 290 valence electrons. The molecule has 61 heavy (non-hydrogen) atoms. The molecule has 4 nitrogen and oxygen atoms in total. The van der Waals surface area contributed by atoms with E-state index in [1.807, 2.05) is 0 Å². The van der Waals surface area contributed by atoms with Crippen molar-refractivity contribution in [1.29, 1.82) is 0 Å². The van der Waals surface area contributed by atoms with Crippen LogP contribution in [0.1, 0.15) is 24.0 Å². The lowest BCUT2D eigenvalue weighted by molar-refractivity contribution is 0.487. The lowest BCUT2D eigenvalue weighted by Crippen LogP contribution is -2.59. The van der Waals surface area contributed by atoms with Crippen molar-refractivity contribution in [3.05, 3.63) is 205 Å². The topological polar surface area (TPSA) is 20.6 Å². The third-order valence-corrected chi connectivity index (χ3v) is 12.8. The van der Waals surface area contributed by atoms with Gasteiger partial charge in [-0.3, -0.25) is 0 Å². The van der Waals surface area contributed by atoms with E-state index >= 15 is 0 Å². The van der Waals surface area contributed by atoms with Crippen molar-refractivity contribution >= 4 is 84.7 Å². The summed E-state index contributed by atoms with van der Waals surface area (Å²) < 4.78 is 9.50. The standard InChI is InChI=1S/C56H42BN3O/c1-37-20-25-43(26-21-37)60-52-32-22-38(2)34-49(52)57-48-31-29-45(36-55(48)61-54-19-11-18-53(60)56(54)57)58(42-27-23-40(24-28-42)39-12-5-3-6-13-39)44-30-33-51-47(35-44)46-16-9-10-17-50(46)59(51)41-14-7-4-8-15-41/h3-7,9-14,16-36H,8,15H2,1-2H3. The maximum absolute atomic E-state index is 7.04. The summed E-state index contributed by atoms with van der Waals surface area (Å²) in [7, 11) is 0. The number of aromatic nitrogens is 1. The van der Waals surface area contributed by atoms with Crippen LogP contribution < -0.4 is 30.9 Å². The molecule has 9 aromatic rings. The second-order valence-electron chi connectivity index (χ2n) is 16.6. The maximum Gasteiger partial charge on any atom is 0.256 e. The van der Waals surface area contributed by atoms with E-state index in [0.717, 1.165) is 52.8 Å².